The number of halogens is 5. The molecule has 0 saturated carbocycles. The molecule has 0 radical (unpaired) electrons. The molecule has 7 heteroatoms. The van der Waals surface area contributed by atoms with Crippen LogP contribution in [0.25, 0.3) is 0 Å². The van der Waals surface area contributed by atoms with Gasteiger partial charge in [0.15, 0.2) is 23.3 Å². The van der Waals surface area contributed by atoms with Gasteiger partial charge in [0.2, 0.25) is 5.82 Å². The fourth-order valence-corrected chi connectivity index (χ4v) is 2.04. The van der Waals surface area contributed by atoms with Crippen molar-refractivity contribution in [3.63, 3.8) is 0 Å². The number of aliphatic carboxylic acids is 1. The van der Waals surface area contributed by atoms with Crippen molar-refractivity contribution < 1.29 is 31.9 Å². The molecule has 0 aromatic heterocycles. The quantitative estimate of drug-likeness (QED) is 0.507. The molecule has 2 unspecified atom stereocenters. The average molecular weight is 296 g/mol. The summed E-state index contributed by atoms with van der Waals surface area (Å²) in [5, 5.41) is 8.87. The second-order valence-corrected chi connectivity index (χ2v) is 4.56. The minimum atomic E-state index is -2.22. The summed E-state index contributed by atoms with van der Waals surface area (Å²) in [7, 11) is 0. The fraction of sp³-hybridized carbons (Fsp3) is 0.462. The lowest BCUT2D eigenvalue weighted by molar-refractivity contribution is -0.142. The van der Waals surface area contributed by atoms with E-state index in [1.165, 1.54) is 6.92 Å². The van der Waals surface area contributed by atoms with Gasteiger partial charge in [-0.05, 0) is 18.8 Å². The van der Waals surface area contributed by atoms with E-state index in [0.717, 1.165) is 0 Å². The monoisotopic (exact) mass is 296 g/mol. The number of rotatable bonds is 5. The second-order valence-electron chi connectivity index (χ2n) is 4.56. The molecule has 0 fully saturated rings. The Morgan fingerprint density at radius 1 is 1.00 bits per heavy atom. The third-order valence-corrected chi connectivity index (χ3v) is 3.22. The smallest absolute Gasteiger partial charge is 0.306 e. The summed E-state index contributed by atoms with van der Waals surface area (Å²) in [5.41, 5.74) is -0.971. The topological polar surface area (TPSA) is 37.3 Å². The lowest BCUT2D eigenvalue weighted by Crippen LogP contribution is -2.18. The van der Waals surface area contributed by atoms with Gasteiger partial charge in [-0.1, -0.05) is 13.8 Å². The average Bonchev–Trinajstić information content (AvgIpc) is 2.40. The predicted octanol–water partition coefficient (Wildman–Crippen LogP) is 3.99. The highest BCUT2D eigenvalue weighted by Gasteiger charge is 2.30. The Labute approximate surface area is 112 Å². The zero-order valence-corrected chi connectivity index (χ0v) is 10.8. The third kappa shape index (κ3) is 2.91. The van der Waals surface area contributed by atoms with Crippen LogP contribution in [0.2, 0.25) is 0 Å². The summed E-state index contributed by atoms with van der Waals surface area (Å²) in [6.07, 6.45) is -0.0285. The minimum absolute atomic E-state index is 0.190. The van der Waals surface area contributed by atoms with Gasteiger partial charge in [-0.15, -0.1) is 0 Å². The van der Waals surface area contributed by atoms with E-state index in [1.807, 2.05) is 0 Å². The molecule has 1 aromatic carbocycles. The van der Waals surface area contributed by atoms with E-state index in [0.29, 0.717) is 0 Å². The first-order chi connectivity index (χ1) is 9.22. The molecule has 0 aliphatic rings. The van der Waals surface area contributed by atoms with Gasteiger partial charge < -0.3 is 5.11 Å². The minimum Gasteiger partial charge on any atom is -0.481 e. The molecule has 2 atom stereocenters. The van der Waals surface area contributed by atoms with Crippen molar-refractivity contribution in [2.45, 2.75) is 32.6 Å². The molecule has 0 saturated heterocycles. The molecule has 2 nitrogen and oxygen atoms in total. The molecule has 112 valence electrons. The van der Waals surface area contributed by atoms with Gasteiger partial charge >= 0.3 is 5.97 Å². The maximum absolute atomic E-state index is 13.5. The number of carboxylic acids is 1. The van der Waals surface area contributed by atoms with Crippen molar-refractivity contribution >= 4 is 5.97 Å². The number of benzene rings is 1. The molecule has 0 spiro atoms. The molecule has 1 aromatic rings. The molecule has 0 aliphatic carbocycles. The Balaban J connectivity index is 3.23. The maximum Gasteiger partial charge on any atom is 0.306 e. The van der Waals surface area contributed by atoms with Crippen LogP contribution < -0.4 is 0 Å². The molecule has 0 amide bonds. The van der Waals surface area contributed by atoms with Crippen molar-refractivity contribution in [1.82, 2.24) is 0 Å². The summed E-state index contributed by atoms with van der Waals surface area (Å²) in [6, 6.07) is 0. The third-order valence-electron chi connectivity index (χ3n) is 3.22. The van der Waals surface area contributed by atoms with Gasteiger partial charge in [0.1, 0.15) is 0 Å². The van der Waals surface area contributed by atoms with E-state index < -0.39 is 52.5 Å². The second kappa shape index (κ2) is 6.19. The molecule has 0 heterocycles. The Bertz CT molecular complexity index is 501. The zero-order chi connectivity index (χ0) is 15.6. The normalized spacial score (nSPS) is 14.2. The Morgan fingerprint density at radius 2 is 1.40 bits per heavy atom. The van der Waals surface area contributed by atoms with E-state index in [4.69, 9.17) is 5.11 Å². The maximum atomic E-state index is 13.5. The SMILES string of the molecule is CCC(CC(C)c1c(F)c(F)c(F)c(F)c1F)C(=O)O. The van der Waals surface area contributed by atoms with Gasteiger partial charge in [-0.3, -0.25) is 4.79 Å². The molecule has 1 rings (SSSR count). The fourth-order valence-electron chi connectivity index (χ4n) is 2.04. The number of hydrogen-bond donors (Lipinski definition) is 1. The van der Waals surface area contributed by atoms with Crippen molar-refractivity contribution in [2.75, 3.05) is 0 Å². The standard InChI is InChI=1S/C13H13F5O2/c1-3-6(13(19)20)4-5(2)7-8(14)10(16)12(18)11(17)9(7)15/h5-6H,3-4H2,1-2H3,(H,19,20). The van der Waals surface area contributed by atoms with Gasteiger partial charge in [0.05, 0.1) is 5.92 Å². The lowest BCUT2D eigenvalue weighted by atomic mass is 9.88. The molecular formula is C13H13F5O2. The van der Waals surface area contributed by atoms with Gasteiger partial charge in [-0.25, -0.2) is 22.0 Å². The van der Waals surface area contributed by atoms with E-state index in [2.05, 4.69) is 0 Å². The summed E-state index contributed by atoms with van der Waals surface area (Å²) < 4.78 is 66.1. The highest BCUT2D eigenvalue weighted by molar-refractivity contribution is 5.70. The van der Waals surface area contributed by atoms with Gasteiger partial charge in [-0.2, -0.15) is 0 Å². The van der Waals surface area contributed by atoms with Crippen LogP contribution in [0.4, 0.5) is 22.0 Å². The van der Waals surface area contributed by atoms with Crippen molar-refractivity contribution in [1.29, 1.82) is 0 Å². The number of carbonyl (C=O) groups is 1. The van der Waals surface area contributed by atoms with Gasteiger partial charge in [0, 0.05) is 5.56 Å². The molecule has 0 aliphatic heterocycles. The van der Waals surface area contributed by atoms with Crippen LogP contribution in [-0.2, 0) is 4.79 Å². The largest absolute Gasteiger partial charge is 0.481 e. The number of carboxylic acid groups (broad SMARTS) is 1. The molecule has 20 heavy (non-hydrogen) atoms. The first-order valence-electron chi connectivity index (χ1n) is 5.96. The summed E-state index contributed by atoms with van der Waals surface area (Å²) in [6.45, 7) is 2.79. The predicted molar refractivity (Wildman–Crippen MR) is 60.7 cm³/mol. The van der Waals surface area contributed by atoms with Crippen LogP contribution in [0.3, 0.4) is 0 Å². The van der Waals surface area contributed by atoms with Crippen LogP contribution in [0, 0.1) is 35.0 Å². The Morgan fingerprint density at radius 3 is 1.75 bits per heavy atom. The van der Waals surface area contributed by atoms with E-state index in [9.17, 15) is 26.7 Å². The molecular weight excluding hydrogens is 283 g/mol. The van der Waals surface area contributed by atoms with Crippen LogP contribution in [-0.4, -0.2) is 11.1 Å². The van der Waals surface area contributed by atoms with Crippen molar-refractivity contribution in [2.24, 2.45) is 5.92 Å². The van der Waals surface area contributed by atoms with Gasteiger partial charge in [0.25, 0.3) is 0 Å². The summed E-state index contributed by atoms with van der Waals surface area (Å²) in [5.74, 6) is -13.3. The lowest BCUT2D eigenvalue weighted by Gasteiger charge is -2.18. The van der Waals surface area contributed by atoms with Crippen molar-refractivity contribution in [3.05, 3.63) is 34.6 Å². The number of hydrogen-bond acceptors (Lipinski definition) is 1. The van der Waals surface area contributed by atoms with Crippen LogP contribution in [0.1, 0.15) is 38.2 Å². The van der Waals surface area contributed by atoms with Crippen LogP contribution in [0.5, 0.6) is 0 Å². The van der Waals surface area contributed by atoms with Crippen molar-refractivity contribution in [3.8, 4) is 0 Å². The highest BCUT2D eigenvalue weighted by atomic mass is 19.2. The van der Waals surface area contributed by atoms with Crippen LogP contribution >= 0.6 is 0 Å². The molecule has 0 bridgehead atoms. The van der Waals surface area contributed by atoms with E-state index in [-0.39, 0.29) is 12.8 Å². The first-order valence-corrected chi connectivity index (χ1v) is 5.96. The summed E-state index contributed by atoms with van der Waals surface area (Å²) in [4.78, 5) is 10.9. The molecule has 1 N–H and O–H groups in total. The van der Waals surface area contributed by atoms with E-state index in [1.54, 1.807) is 6.92 Å². The summed E-state index contributed by atoms with van der Waals surface area (Å²) >= 11 is 0. The van der Waals surface area contributed by atoms with Crippen LogP contribution in [0.15, 0.2) is 0 Å². The van der Waals surface area contributed by atoms with E-state index >= 15 is 0 Å². The highest BCUT2D eigenvalue weighted by Crippen LogP contribution is 2.32. The Hall–Kier alpha value is -1.66. The Kier molecular flexibility index (Phi) is 5.08. The zero-order valence-electron chi connectivity index (χ0n) is 10.8. The first kappa shape index (κ1) is 16.4.